The van der Waals surface area contributed by atoms with Crippen molar-refractivity contribution in [3.8, 4) is 0 Å². The van der Waals surface area contributed by atoms with Gasteiger partial charge in [-0.3, -0.25) is 0 Å². The molecule has 2 rings (SSSR count). The maximum absolute atomic E-state index is 12.2. The van der Waals surface area contributed by atoms with E-state index in [9.17, 15) is 8.42 Å². The summed E-state index contributed by atoms with van der Waals surface area (Å²) in [5, 5.41) is 0. The minimum Gasteiger partial charge on any atom is -0.327 e. The van der Waals surface area contributed by atoms with E-state index in [0.29, 0.717) is 6.54 Å². The predicted octanol–water partition coefficient (Wildman–Crippen LogP) is 2.56. The molecule has 0 atom stereocenters. The normalized spacial score (nSPS) is 13.1. The molecule has 19 heavy (non-hydrogen) atoms. The molecular formula is C14H20N2O2S. The summed E-state index contributed by atoms with van der Waals surface area (Å²) in [5.74, 6) is 0.989. The average Bonchev–Trinajstić information content (AvgIpc) is 2.60. The summed E-state index contributed by atoms with van der Waals surface area (Å²) >= 11 is 0. The third-order valence-electron chi connectivity index (χ3n) is 3.36. The molecular weight excluding hydrogens is 260 g/mol. The average molecular weight is 280 g/mol. The van der Waals surface area contributed by atoms with E-state index in [1.54, 1.807) is 20.8 Å². The second-order valence-electron chi connectivity index (χ2n) is 5.73. The number of hydrogen-bond donors (Lipinski definition) is 0. The minimum absolute atomic E-state index is 0.137. The molecule has 0 amide bonds. The maximum Gasteiger partial charge on any atom is 0.156 e. The van der Waals surface area contributed by atoms with Gasteiger partial charge in [-0.15, -0.1) is 0 Å². The van der Waals surface area contributed by atoms with Gasteiger partial charge in [-0.05, 0) is 39.8 Å². The van der Waals surface area contributed by atoms with Gasteiger partial charge in [-0.25, -0.2) is 13.4 Å². The van der Waals surface area contributed by atoms with Crippen LogP contribution in [0.15, 0.2) is 24.3 Å². The zero-order valence-electron chi connectivity index (χ0n) is 11.8. The van der Waals surface area contributed by atoms with E-state index in [2.05, 4.69) is 4.98 Å². The monoisotopic (exact) mass is 280 g/mol. The molecule has 0 radical (unpaired) electrons. The van der Waals surface area contributed by atoms with Crippen LogP contribution in [0.25, 0.3) is 11.0 Å². The summed E-state index contributed by atoms with van der Waals surface area (Å²) in [4.78, 5) is 4.44. The van der Waals surface area contributed by atoms with Crippen molar-refractivity contribution in [1.82, 2.24) is 9.55 Å². The number of imidazole rings is 1. The fraction of sp³-hybridized carbons (Fsp3) is 0.500. The quantitative estimate of drug-likeness (QED) is 0.868. The molecule has 0 fully saturated rings. The molecule has 0 unspecified atom stereocenters. The number of aryl methyl sites for hydroxylation is 2. The van der Waals surface area contributed by atoms with Gasteiger partial charge in [-0.1, -0.05) is 12.1 Å². The molecule has 0 N–H and O–H groups in total. The lowest BCUT2D eigenvalue weighted by Crippen LogP contribution is -2.32. The van der Waals surface area contributed by atoms with Crippen molar-refractivity contribution in [3.05, 3.63) is 30.1 Å². The third kappa shape index (κ3) is 2.66. The lowest BCUT2D eigenvalue weighted by molar-refractivity contribution is 0.554. The molecule has 1 aromatic carbocycles. The van der Waals surface area contributed by atoms with E-state index < -0.39 is 14.6 Å². The van der Waals surface area contributed by atoms with Gasteiger partial charge >= 0.3 is 0 Å². The van der Waals surface area contributed by atoms with Crippen molar-refractivity contribution in [2.24, 2.45) is 0 Å². The maximum atomic E-state index is 12.2. The molecule has 0 aliphatic rings. The lowest BCUT2D eigenvalue weighted by Gasteiger charge is -2.19. The van der Waals surface area contributed by atoms with Crippen molar-refractivity contribution in [1.29, 1.82) is 0 Å². The van der Waals surface area contributed by atoms with Crippen LogP contribution in [0.5, 0.6) is 0 Å². The Bertz CT molecular complexity index is 694. The van der Waals surface area contributed by atoms with E-state index >= 15 is 0 Å². The smallest absolute Gasteiger partial charge is 0.156 e. The van der Waals surface area contributed by atoms with E-state index in [4.69, 9.17) is 0 Å². The molecule has 1 aromatic heterocycles. The first kappa shape index (κ1) is 14.1. The van der Waals surface area contributed by atoms with E-state index in [0.717, 1.165) is 16.9 Å². The zero-order valence-corrected chi connectivity index (χ0v) is 12.7. The Morgan fingerprint density at radius 1 is 1.21 bits per heavy atom. The van der Waals surface area contributed by atoms with Gasteiger partial charge in [-0.2, -0.15) is 0 Å². The summed E-state index contributed by atoms with van der Waals surface area (Å²) in [5.41, 5.74) is 1.90. The Kier molecular flexibility index (Phi) is 3.43. The molecule has 104 valence electrons. The summed E-state index contributed by atoms with van der Waals surface area (Å²) in [6.45, 7) is 7.57. The summed E-state index contributed by atoms with van der Waals surface area (Å²) in [6.07, 6.45) is 0. The van der Waals surface area contributed by atoms with Gasteiger partial charge in [0.2, 0.25) is 0 Å². The van der Waals surface area contributed by atoms with E-state index in [-0.39, 0.29) is 5.75 Å². The number of fused-ring (bicyclic) bond motifs is 1. The highest BCUT2D eigenvalue weighted by atomic mass is 32.2. The second kappa shape index (κ2) is 4.63. The summed E-state index contributed by atoms with van der Waals surface area (Å²) in [6, 6.07) is 7.79. The van der Waals surface area contributed by atoms with Gasteiger partial charge in [0.1, 0.15) is 5.82 Å². The minimum atomic E-state index is -3.11. The molecule has 0 aliphatic carbocycles. The molecule has 0 spiro atoms. The number of rotatable bonds is 3. The molecule has 5 heteroatoms. The van der Waals surface area contributed by atoms with Crippen LogP contribution in [0.3, 0.4) is 0 Å². The van der Waals surface area contributed by atoms with E-state index in [1.807, 2.05) is 35.8 Å². The Morgan fingerprint density at radius 3 is 2.47 bits per heavy atom. The Balaban J connectivity index is 2.31. The van der Waals surface area contributed by atoms with Crippen molar-refractivity contribution in [3.63, 3.8) is 0 Å². The number of hydrogen-bond acceptors (Lipinski definition) is 3. The van der Waals surface area contributed by atoms with Crippen molar-refractivity contribution >= 4 is 20.9 Å². The highest BCUT2D eigenvalue weighted by Gasteiger charge is 2.28. The third-order valence-corrected chi connectivity index (χ3v) is 5.95. The largest absolute Gasteiger partial charge is 0.327 e. The van der Waals surface area contributed by atoms with Crippen LogP contribution in [-0.4, -0.2) is 28.5 Å². The predicted molar refractivity (Wildman–Crippen MR) is 78.0 cm³/mol. The highest BCUT2D eigenvalue weighted by Crippen LogP contribution is 2.19. The summed E-state index contributed by atoms with van der Waals surface area (Å²) in [7, 11) is -3.11. The van der Waals surface area contributed by atoms with Crippen LogP contribution in [0.2, 0.25) is 0 Å². The Morgan fingerprint density at radius 2 is 1.84 bits per heavy atom. The number of nitrogens with zero attached hydrogens (tertiary/aromatic N) is 2. The van der Waals surface area contributed by atoms with Crippen LogP contribution in [-0.2, 0) is 16.4 Å². The van der Waals surface area contributed by atoms with E-state index in [1.165, 1.54) is 0 Å². The number of benzene rings is 1. The van der Waals surface area contributed by atoms with Gasteiger partial charge in [0.15, 0.2) is 9.84 Å². The highest BCUT2D eigenvalue weighted by molar-refractivity contribution is 7.92. The standard InChI is InChI=1S/C14H20N2O2S/c1-11-15-12-7-5-6-8-13(12)16(11)9-10-19(17,18)14(2,3)4/h5-8H,9-10H2,1-4H3. The molecule has 2 aromatic rings. The molecule has 0 bridgehead atoms. The number of para-hydroxylation sites is 2. The molecule has 0 saturated carbocycles. The first-order chi connectivity index (χ1) is 8.72. The van der Waals surface area contributed by atoms with Gasteiger partial charge in [0.05, 0.1) is 21.5 Å². The molecule has 4 nitrogen and oxygen atoms in total. The van der Waals surface area contributed by atoms with Gasteiger partial charge < -0.3 is 4.57 Å². The van der Waals surface area contributed by atoms with Gasteiger partial charge in [0.25, 0.3) is 0 Å². The van der Waals surface area contributed by atoms with Crippen LogP contribution >= 0.6 is 0 Å². The fourth-order valence-electron chi connectivity index (χ4n) is 2.00. The SMILES string of the molecule is Cc1nc2ccccc2n1CCS(=O)(=O)C(C)(C)C. The Labute approximate surface area is 114 Å². The van der Waals surface area contributed by atoms with Crippen LogP contribution in [0.1, 0.15) is 26.6 Å². The first-order valence-electron chi connectivity index (χ1n) is 6.36. The summed E-state index contributed by atoms with van der Waals surface area (Å²) < 4.78 is 25.6. The molecule has 1 heterocycles. The van der Waals surface area contributed by atoms with Crippen molar-refractivity contribution in [2.45, 2.75) is 39.0 Å². The van der Waals surface area contributed by atoms with Crippen LogP contribution in [0.4, 0.5) is 0 Å². The fourth-order valence-corrected chi connectivity index (χ4v) is 3.03. The lowest BCUT2D eigenvalue weighted by atomic mass is 10.3. The zero-order chi connectivity index (χ0) is 14.3. The van der Waals surface area contributed by atoms with Gasteiger partial charge in [0, 0.05) is 6.54 Å². The van der Waals surface area contributed by atoms with Crippen molar-refractivity contribution in [2.75, 3.05) is 5.75 Å². The van der Waals surface area contributed by atoms with Crippen LogP contribution < -0.4 is 0 Å². The Hall–Kier alpha value is -1.36. The number of aromatic nitrogens is 2. The number of sulfone groups is 1. The second-order valence-corrected chi connectivity index (χ2v) is 8.59. The first-order valence-corrected chi connectivity index (χ1v) is 8.02. The topological polar surface area (TPSA) is 52.0 Å². The van der Waals surface area contributed by atoms with Crippen LogP contribution in [0, 0.1) is 6.92 Å². The molecule has 0 aliphatic heterocycles. The molecule has 0 saturated heterocycles. The van der Waals surface area contributed by atoms with Crippen molar-refractivity contribution < 1.29 is 8.42 Å².